The molecule has 1 N–H and O–H groups in total. The third-order valence-corrected chi connectivity index (χ3v) is 4.41. The van der Waals surface area contributed by atoms with Gasteiger partial charge in [-0.05, 0) is 25.0 Å². The minimum atomic E-state index is -4.53. The maximum atomic E-state index is 12.9. The van der Waals surface area contributed by atoms with Gasteiger partial charge in [-0.25, -0.2) is 0 Å². The molecule has 1 aromatic heterocycles. The lowest BCUT2D eigenvalue weighted by molar-refractivity contribution is -0.139. The van der Waals surface area contributed by atoms with Crippen molar-refractivity contribution in [3.05, 3.63) is 41.5 Å². The first kappa shape index (κ1) is 19.2. The Kier molecular flexibility index (Phi) is 5.98. The molecule has 1 aliphatic rings. The number of aromatic nitrogens is 3. The van der Waals surface area contributed by atoms with Crippen molar-refractivity contribution in [2.24, 2.45) is 0 Å². The first-order valence-electron chi connectivity index (χ1n) is 8.92. The molecule has 0 spiro atoms. The van der Waals surface area contributed by atoms with E-state index < -0.39 is 24.3 Å². The number of rotatable bonds is 6. The van der Waals surface area contributed by atoms with Crippen LogP contribution in [0.5, 0.6) is 5.75 Å². The van der Waals surface area contributed by atoms with Gasteiger partial charge in [-0.1, -0.05) is 18.6 Å². The molecule has 0 fully saturated rings. The molecule has 9 heteroatoms. The highest BCUT2D eigenvalue weighted by molar-refractivity contribution is 5.77. The van der Waals surface area contributed by atoms with Crippen LogP contribution < -0.4 is 10.1 Å². The molecule has 1 aromatic carbocycles. The Morgan fingerprint density at radius 1 is 1.19 bits per heavy atom. The molecule has 0 atom stereocenters. The Bertz CT molecular complexity index is 789. The first-order chi connectivity index (χ1) is 12.9. The van der Waals surface area contributed by atoms with Crippen molar-refractivity contribution in [1.82, 2.24) is 20.1 Å². The summed E-state index contributed by atoms with van der Waals surface area (Å²) in [6.45, 7) is 0.717. The molecular formula is C18H21F3N4O2. The molecule has 1 aliphatic heterocycles. The molecule has 0 radical (unpaired) electrons. The Morgan fingerprint density at radius 2 is 2.00 bits per heavy atom. The van der Waals surface area contributed by atoms with Crippen molar-refractivity contribution in [3.63, 3.8) is 0 Å². The van der Waals surface area contributed by atoms with Crippen molar-refractivity contribution in [2.75, 3.05) is 13.2 Å². The number of ether oxygens (including phenoxy) is 1. The van der Waals surface area contributed by atoms with Crippen LogP contribution in [0, 0.1) is 0 Å². The maximum Gasteiger partial charge on any atom is 0.419 e. The molecule has 0 aliphatic carbocycles. The fourth-order valence-electron chi connectivity index (χ4n) is 3.06. The number of hydrogen-bond acceptors (Lipinski definition) is 4. The first-order valence-corrected chi connectivity index (χ1v) is 8.92. The second kappa shape index (κ2) is 8.41. The molecule has 6 nitrogen and oxygen atoms in total. The number of alkyl halides is 3. The molecule has 3 rings (SSSR count). The van der Waals surface area contributed by atoms with E-state index in [1.165, 1.54) is 18.2 Å². The number of hydrogen-bond donors (Lipinski definition) is 1. The van der Waals surface area contributed by atoms with Crippen LogP contribution >= 0.6 is 0 Å². The summed E-state index contributed by atoms with van der Waals surface area (Å²) in [4.78, 5) is 11.9. The van der Waals surface area contributed by atoms with Crippen LogP contribution in [0.3, 0.4) is 0 Å². The van der Waals surface area contributed by atoms with Crippen molar-refractivity contribution in [3.8, 4) is 5.75 Å². The molecule has 0 saturated heterocycles. The summed E-state index contributed by atoms with van der Waals surface area (Å²) >= 11 is 0. The van der Waals surface area contributed by atoms with Gasteiger partial charge < -0.3 is 14.6 Å². The number of nitrogens with zero attached hydrogens (tertiary/aromatic N) is 3. The van der Waals surface area contributed by atoms with Crippen LogP contribution in [0.4, 0.5) is 13.2 Å². The van der Waals surface area contributed by atoms with E-state index in [0.29, 0.717) is 13.0 Å². The predicted octanol–water partition coefficient (Wildman–Crippen LogP) is 2.76. The summed E-state index contributed by atoms with van der Waals surface area (Å²) < 4.78 is 45.9. The molecular weight excluding hydrogens is 361 g/mol. The molecule has 0 unspecified atom stereocenters. The summed E-state index contributed by atoms with van der Waals surface area (Å²) in [5.41, 5.74) is -0.899. The van der Waals surface area contributed by atoms with Gasteiger partial charge in [0.25, 0.3) is 5.91 Å². The lowest BCUT2D eigenvalue weighted by atomic mass is 10.2. The molecule has 0 saturated carbocycles. The van der Waals surface area contributed by atoms with Gasteiger partial charge in [-0.3, -0.25) is 4.79 Å². The van der Waals surface area contributed by atoms with Gasteiger partial charge in [-0.15, -0.1) is 10.2 Å². The zero-order valence-electron chi connectivity index (χ0n) is 14.8. The predicted molar refractivity (Wildman–Crippen MR) is 91.2 cm³/mol. The van der Waals surface area contributed by atoms with Gasteiger partial charge >= 0.3 is 6.18 Å². The number of carbonyl (C=O) groups is 1. The molecule has 2 aromatic rings. The standard InChI is InChI=1S/C18H21F3N4O2/c19-18(20,21)13-6-3-4-7-14(13)27-12-17(26)22-10-9-16-24-23-15-8-2-1-5-11-25(15)16/h3-4,6-7H,1-2,5,8-12H2,(H,22,26). The topological polar surface area (TPSA) is 69.0 Å². The van der Waals surface area contributed by atoms with Crippen LogP contribution in [0.15, 0.2) is 24.3 Å². The number of benzene rings is 1. The largest absolute Gasteiger partial charge is 0.483 e. The van der Waals surface area contributed by atoms with E-state index in [1.807, 2.05) is 0 Å². The van der Waals surface area contributed by atoms with Gasteiger partial charge in [-0.2, -0.15) is 13.2 Å². The highest BCUT2D eigenvalue weighted by Crippen LogP contribution is 2.35. The van der Waals surface area contributed by atoms with Crippen molar-refractivity contribution in [1.29, 1.82) is 0 Å². The summed E-state index contributed by atoms with van der Waals surface area (Å²) in [5.74, 6) is 0.946. The van der Waals surface area contributed by atoms with Gasteiger partial charge in [0, 0.05) is 25.9 Å². The highest BCUT2D eigenvalue weighted by atomic mass is 19.4. The zero-order valence-corrected chi connectivity index (χ0v) is 14.8. The van der Waals surface area contributed by atoms with Crippen LogP contribution in [-0.2, 0) is 30.4 Å². The highest BCUT2D eigenvalue weighted by Gasteiger charge is 2.34. The van der Waals surface area contributed by atoms with Crippen LogP contribution in [0.1, 0.15) is 36.5 Å². The fraction of sp³-hybridized carbons (Fsp3) is 0.500. The van der Waals surface area contributed by atoms with E-state index in [-0.39, 0.29) is 5.75 Å². The van der Waals surface area contributed by atoms with Crippen molar-refractivity contribution >= 4 is 5.91 Å². The molecule has 1 amide bonds. The third-order valence-electron chi connectivity index (χ3n) is 4.41. The summed E-state index contributed by atoms with van der Waals surface area (Å²) in [6.07, 6.45) is 0.237. The Hall–Kier alpha value is -2.58. The maximum absolute atomic E-state index is 12.9. The second-order valence-electron chi connectivity index (χ2n) is 6.38. The second-order valence-corrected chi connectivity index (χ2v) is 6.38. The van der Waals surface area contributed by atoms with E-state index in [4.69, 9.17) is 4.74 Å². The summed E-state index contributed by atoms with van der Waals surface area (Å²) in [5, 5.41) is 11.0. The van der Waals surface area contributed by atoms with Gasteiger partial charge in [0.05, 0.1) is 5.56 Å². The van der Waals surface area contributed by atoms with Crippen LogP contribution in [0.25, 0.3) is 0 Å². The smallest absolute Gasteiger partial charge is 0.419 e. The molecule has 146 valence electrons. The quantitative estimate of drug-likeness (QED) is 0.834. The Morgan fingerprint density at radius 3 is 2.81 bits per heavy atom. The summed E-state index contributed by atoms with van der Waals surface area (Å²) in [6, 6.07) is 4.82. The number of carbonyl (C=O) groups excluding carboxylic acids is 1. The van der Waals surface area contributed by atoms with E-state index in [9.17, 15) is 18.0 Å². The molecule has 27 heavy (non-hydrogen) atoms. The van der Waals surface area contributed by atoms with Crippen LogP contribution in [0.2, 0.25) is 0 Å². The average Bonchev–Trinajstić information content (AvgIpc) is 2.86. The van der Waals surface area contributed by atoms with Gasteiger partial charge in [0.15, 0.2) is 6.61 Å². The molecule has 2 heterocycles. The minimum absolute atomic E-state index is 0.321. The van der Waals surface area contributed by atoms with Gasteiger partial charge in [0.2, 0.25) is 0 Å². The number of fused-ring (bicyclic) bond motifs is 1. The third kappa shape index (κ3) is 4.99. The SMILES string of the molecule is O=C(COc1ccccc1C(F)(F)F)NCCc1nnc2n1CCCCC2. The number of amides is 1. The van der Waals surface area contributed by atoms with E-state index in [2.05, 4.69) is 20.1 Å². The van der Waals surface area contributed by atoms with E-state index >= 15 is 0 Å². The lowest BCUT2D eigenvalue weighted by Gasteiger charge is -2.13. The number of nitrogens with one attached hydrogen (secondary N) is 1. The number of para-hydroxylation sites is 1. The van der Waals surface area contributed by atoms with Crippen molar-refractivity contribution < 1.29 is 22.7 Å². The van der Waals surface area contributed by atoms with Crippen LogP contribution in [-0.4, -0.2) is 33.8 Å². The Labute approximate surface area is 154 Å². The fourth-order valence-corrected chi connectivity index (χ4v) is 3.06. The van der Waals surface area contributed by atoms with E-state index in [0.717, 1.165) is 49.9 Å². The number of halogens is 3. The normalized spacial score (nSPS) is 14.3. The van der Waals surface area contributed by atoms with Gasteiger partial charge in [0.1, 0.15) is 17.4 Å². The Balaban J connectivity index is 1.48. The average molecular weight is 382 g/mol. The zero-order chi connectivity index (χ0) is 19.3. The minimum Gasteiger partial charge on any atom is -0.483 e. The number of aryl methyl sites for hydroxylation is 1. The monoisotopic (exact) mass is 382 g/mol. The van der Waals surface area contributed by atoms with E-state index in [1.54, 1.807) is 0 Å². The van der Waals surface area contributed by atoms with Crippen molar-refractivity contribution in [2.45, 2.75) is 44.8 Å². The lowest BCUT2D eigenvalue weighted by Crippen LogP contribution is -2.31. The molecule has 0 bridgehead atoms. The summed E-state index contributed by atoms with van der Waals surface area (Å²) in [7, 11) is 0.